The lowest BCUT2D eigenvalue weighted by molar-refractivity contribution is -0.0344. The average Bonchev–Trinajstić information content (AvgIpc) is 2.72. The van der Waals surface area contributed by atoms with Crippen LogP contribution in [0.15, 0.2) is 0 Å². The predicted octanol–water partition coefficient (Wildman–Crippen LogP) is -3.33. The molecule has 0 heterocycles. The van der Waals surface area contributed by atoms with E-state index in [0.717, 1.165) is 6.92 Å². The molecule has 1 rings (SSSR count). The Morgan fingerprint density at radius 2 is 1.75 bits per heavy atom. The lowest BCUT2D eigenvalue weighted by Crippen LogP contribution is -2.36. The molecule has 13 heteroatoms. The molecule has 1 aliphatic rings. The van der Waals surface area contributed by atoms with Crippen molar-refractivity contribution in [1.82, 2.24) is 4.72 Å². The van der Waals surface area contributed by atoms with E-state index in [1.807, 2.05) is 0 Å². The minimum atomic E-state index is -4.81. The largest absolute Gasteiger partial charge is 0.397 e. The van der Waals surface area contributed by atoms with Crippen LogP contribution in [0, 0.1) is 5.92 Å². The lowest BCUT2D eigenvalue weighted by atomic mass is 10.1. The molecule has 6 N–H and O–H groups in total. The Balaban J connectivity index is 2.66. The maximum atomic E-state index is 10.6. The first-order valence-electron chi connectivity index (χ1n) is 5.21. The summed E-state index contributed by atoms with van der Waals surface area (Å²) in [5, 5.41) is 28.9. The SMILES string of the molecule is CC1(O)C(NS(=O)(=O)O)C1C(O)C(O)COS(=O)(=O)O. The van der Waals surface area contributed by atoms with Crippen LogP contribution in [0.5, 0.6) is 0 Å². The average molecular weight is 337 g/mol. The molecule has 0 aliphatic heterocycles. The van der Waals surface area contributed by atoms with E-state index in [-0.39, 0.29) is 0 Å². The molecule has 0 bridgehead atoms. The van der Waals surface area contributed by atoms with E-state index in [2.05, 4.69) is 4.18 Å². The first-order valence-corrected chi connectivity index (χ1v) is 8.01. The zero-order chi connectivity index (χ0) is 15.9. The second-order valence-corrected chi connectivity index (χ2v) is 6.87. The van der Waals surface area contributed by atoms with Gasteiger partial charge in [-0.2, -0.15) is 21.6 Å². The highest BCUT2D eigenvalue weighted by Crippen LogP contribution is 2.46. The second-order valence-electron chi connectivity index (χ2n) is 4.59. The Morgan fingerprint density at radius 3 is 2.15 bits per heavy atom. The van der Waals surface area contributed by atoms with Gasteiger partial charge in [0.1, 0.15) is 6.10 Å². The highest BCUT2D eigenvalue weighted by atomic mass is 32.3. The van der Waals surface area contributed by atoms with Crippen molar-refractivity contribution >= 4 is 20.7 Å². The first kappa shape index (κ1) is 17.7. The summed E-state index contributed by atoms with van der Waals surface area (Å²) in [6.45, 7) is 0.144. The van der Waals surface area contributed by atoms with Crippen LogP contribution < -0.4 is 4.72 Å². The van der Waals surface area contributed by atoms with E-state index in [0.29, 0.717) is 0 Å². The Bertz CT molecular complexity index is 554. The zero-order valence-electron chi connectivity index (χ0n) is 10.1. The van der Waals surface area contributed by atoms with Gasteiger partial charge in [0, 0.05) is 5.92 Å². The summed E-state index contributed by atoms with van der Waals surface area (Å²) in [5.41, 5.74) is -1.76. The van der Waals surface area contributed by atoms with E-state index in [1.165, 1.54) is 0 Å². The van der Waals surface area contributed by atoms with Crippen molar-refractivity contribution in [2.24, 2.45) is 5.92 Å². The molecule has 1 saturated carbocycles. The fourth-order valence-electron chi connectivity index (χ4n) is 1.92. The number of hydrogen-bond donors (Lipinski definition) is 6. The molecule has 20 heavy (non-hydrogen) atoms. The van der Waals surface area contributed by atoms with Crippen LogP contribution in [-0.2, 0) is 24.9 Å². The normalized spacial score (nSPS) is 33.7. The van der Waals surface area contributed by atoms with Gasteiger partial charge >= 0.3 is 20.7 Å². The second kappa shape index (κ2) is 5.43. The lowest BCUT2D eigenvalue weighted by Gasteiger charge is -2.17. The van der Waals surface area contributed by atoms with Gasteiger partial charge in [0.15, 0.2) is 0 Å². The summed E-state index contributed by atoms with van der Waals surface area (Å²) in [6.07, 6.45) is -3.58. The molecule has 5 unspecified atom stereocenters. The molecule has 0 aromatic carbocycles. The van der Waals surface area contributed by atoms with Crippen LogP contribution in [0.4, 0.5) is 0 Å². The summed E-state index contributed by atoms with van der Waals surface area (Å²) in [7, 11) is -9.44. The molecule has 0 radical (unpaired) electrons. The van der Waals surface area contributed by atoms with Gasteiger partial charge in [-0.15, -0.1) is 0 Å². The number of hydrogen-bond acceptors (Lipinski definition) is 8. The van der Waals surface area contributed by atoms with Crippen molar-refractivity contribution in [3.63, 3.8) is 0 Å². The highest BCUT2D eigenvalue weighted by Gasteiger charge is 2.66. The first-order chi connectivity index (χ1) is 8.76. The van der Waals surface area contributed by atoms with Crippen LogP contribution in [0.25, 0.3) is 0 Å². The molecular formula is C7H15NO10S2. The fourth-order valence-corrected chi connectivity index (χ4v) is 2.94. The molecule has 120 valence electrons. The third-order valence-electron chi connectivity index (χ3n) is 2.98. The van der Waals surface area contributed by atoms with E-state index >= 15 is 0 Å². The van der Waals surface area contributed by atoms with Gasteiger partial charge in [-0.3, -0.25) is 9.11 Å². The fraction of sp³-hybridized carbons (Fsp3) is 1.00. The molecule has 0 amide bonds. The van der Waals surface area contributed by atoms with Crippen LogP contribution in [0.1, 0.15) is 6.92 Å². The molecule has 5 atom stereocenters. The van der Waals surface area contributed by atoms with Crippen molar-refractivity contribution in [2.45, 2.75) is 30.8 Å². The molecule has 1 fully saturated rings. The summed E-state index contributed by atoms with van der Waals surface area (Å²) in [6, 6.07) is -1.27. The standard InChI is InChI=1S/C7H15NO10S2/c1-7(11)4(6(7)8-19(12,13)14)5(10)3(9)2-18-20(15,16)17/h3-6,8-11H,2H2,1H3,(H,12,13,14)(H,15,16,17). The van der Waals surface area contributed by atoms with Crippen molar-refractivity contribution < 1.29 is 45.4 Å². The minimum absolute atomic E-state index is 0.995. The van der Waals surface area contributed by atoms with Gasteiger partial charge in [-0.25, -0.2) is 4.18 Å². The maximum Gasteiger partial charge on any atom is 0.397 e. The smallest absolute Gasteiger partial charge is 0.390 e. The van der Waals surface area contributed by atoms with Crippen molar-refractivity contribution in [1.29, 1.82) is 0 Å². The van der Waals surface area contributed by atoms with Gasteiger partial charge in [0.05, 0.1) is 24.4 Å². The quantitative estimate of drug-likeness (QED) is 0.256. The van der Waals surface area contributed by atoms with Gasteiger partial charge in [-0.05, 0) is 6.92 Å². The van der Waals surface area contributed by atoms with Gasteiger partial charge in [0.2, 0.25) is 0 Å². The predicted molar refractivity (Wildman–Crippen MR) is 62.1 cm³/mol. The zero-order valence-corrected chi connectivity index (χ0v) is 11.7. The molecule has 0 saturated heterocycles. The van der Waals surface area contributed by atoms with Crippen LogP contribution >= 0.6 is 0 Å². The van der Waals surface area contributed by atoms with Gasteiger partial charge < -0.3 is 15.3 Å². The number of rotatable bonds is 7. The number of aliphatic hydroxyl groups excluding tert-OH is 2. The molecule has 0 spiro atoms. The van der Waals surface area contributed by atoms with Crippen molar-refractivity contribution in [2.75, 3.05) is 6.61 Å². The third kappa shape index (κ3) is 4.57. The molecule has 0 aromatic heterocycles. The summed E-state index contributed by atoms with van der Waals surface area (Å²) >= 11 is 0. The Morgan fingerprint density at radius 1 is 1.25 bits per heavy atom. The van der Waals surface area contributed by atoms with E-state index in [9.17, 15) is 32.2 Å². The van der Waals surface area contributed by atoms with Gasteiger partial charge in [0.25, 0.3) is 0 Å². The molecule has 0 aromatic rings. The molecular weight excluding hydrogens is 322 g/mol. The van der Waals surface area contributed by atoms with E-state index in [1.54, 1.807) is 4.72 Å². The van der Waals surface area contributed by atoms with Crippen molar-refractivity contribution in [3.8, 4) is 0 Å². The third-order valence-corrected chi connectivity index (χ3v) is 3.97. The summed E-state index contributed by atoms with van der Waals surface area (Å²) in [5.74, 6) is -1.20. The summed E-state index contributed by atoms with van der Waals surface area (Å²) < 4.78 is 64.2. The Kier molecular flexibility index (Phi) is 4.80. The monoisotopic (exact) mass is 337 g/mol. The number of nitrogens with one attached hydrogen (secondary N) is 1. The summed E-state index contributed by atoms with van der Waals surface area (Å²) in [4.78, 5) is 0. The van der Waals surface area contributed by atoms with Gasteiger partial charge in [-0.1, -0.05) is 0 Å². The molecule has 1 aliphatic carbocycles. The van der Waals surface area contributed by atoms with E-state index in [4.69, 9.17) is 9.11 Å². The highest BCUT2D eigenvalue weighted by molar-refractivity contribution is 7.83. The Labute approximate surface area is 115 Å². The number of aliphatic hydroxyl groups is 3. The topological polar surface area (TPSA) is 191 Å². The molecule has 11 nitrogen and oxygen atoms in total. The minimum Gasteiger partial charge on any atom is -0.390 e. The Hall–Kier alpha value is -0.380. The van der Waals surface area contributed by atoms with Crippen LogP contribution in [0.2, 0.25) is 0 Å². The van der Waals surface area contributed by atoms with Crippen molar-refractivity contribution in [3.05, 3.63) is 0 Å². The van der Waals surface area contributed by atoms with Crippen LogP contribution in [-0.4, -0.2) is 71.7 Å². The van der Waals surface area contributed by atoms with Crippen LogP contribution in [0.3, 0.4) is 0 Å². The van der Waals surface area contributed by atoms with E-state index < -0.39 is 57.1 Å². The maximum absolute atomic E-state index is 10.6.